The van der Waals surface area contributed by atoms with Gasteiger partial charge in [0.2, 0.25) is 0 Å². The molecule has 0 aromatic carbocycles. The van der Waals surface area contributed by atoms with Gasteiger partial charge in [-0.2, -0.15) is 0 Å². The van der Waals surface area contributed by atoms with Crippen molar-refractivity contribution in [2.75, 3.05) is 19.6 Å². The summed E-state index contributed by atoms with van der Waals surface area (Å²) in [6.45, 7) is 9.14. The van der Waals surface area contributed by atoms with E-state index in [-0.39, 0.29) is 0 Å². The van der Waals surface area contributed by atoms with Crippen molar-refractivity contribution in [3.8, 4) is 0 Å². The summed E-state index contributed by atoms with van der Waals surface area (Å²) in [4.78, 5) is 16.9. The van der Waals surface area contributed by atoms with Gasteiger partial charge in [0.05, 0.1) is 6.54 Å². The molecule has 2 rings (SSSR count). The van der Waals surface area contributed by atoms with Crippen LogP contribution in [0.4, 0.5) is 0 Å². The summed E-state index contributed by atoms with van der Waals surface area (Å²) in [5.74, 6) is 1.03. The van der Waals surface area contributed by atoms with Gasteiger partial charge in [-0.3, -0.25) is 9.69 Å². The second kappa shape index (κ2) is 5.32. The highest BCUT2D eigenvalue weighted by atomic mass is 32.1. The summed E-state index contributed by atoms with van der Waals surface area (Å²) < 4.78 is 0. The van der Waals surface area contributed by atoms with Crippen LogP contribution >= 0.6 is 11.3 Å². The van der Waals surface area contributed by atoms with Crippen LogP contribution in [0.15, 0.2) is 6.07 Å². The number of Topliss-reactive ketones (excluding diaryl/α,β-unsaturated/α-hetero) is 1. The molecule has 0 bridgehead atoms. The molecule has 94 valence electrons. The van der Waals surface area contributed by atoms with Crippen LogP contribution in [0.3, 0.4) is 0 Å². The topological polar surface area (TPSA) is 20.3 Å². The third kappa shape index (κ3) is 3.17. The second-order valence-corrected chi connectivity index (χ2v) is 6.69. The lowest BCUT2D eigenvalue weighted by Gasteiger charge is -2.30. The van der Waals surface area contributed by atoms with Crippen LogP contribution in [-0.2, 0) is 0 Å². The molecule has 1 aliphatic heterocycles. The molecule has 0 radical (unpaired) electrons. The highest BCUT2D eigenvalue weighted by Gasteiger charge is 2.20. The quantitative estimate of drug-likeness (QED) is 0.768. The Kier molecular flexibility index (Phi) is 4.00. The SMILES string of the molecule is Cc1cc(C(=O)CN2CCCC(C)C2)c(C)s1. The third-order valence-corrected chi connectivity index (χ3v) is 4.42. The zero-order valence-corrected chi connectivity index (χ0v) is 11.8. The lowest BCUT2D eigenvalue weighted by molar-refractivity contribution is 0.0893. The first kappa shape index (κ1) is 12.8. The van der Waals surface area contributed by atoms with Gasteiger partial charge in [0.25, 0.3) is 0 Å². The van der Waals surface area contributed by atoms with Crippen molar-refractivity contribution in [1.29, 1.82) is 0 Å². The molecule has 0 spiro atoms. The Morgan fingerprint density at radius 1 is 1.53 bits per heavy atom. The third-order valence-electron chi connectivity index (χ3n) is 3.45. The molecule has 2 heterocycles. The number of hydrogen-bond donors (Lipinski definition) is 0. The first-order valence-corrected chi connectivity index (χ1v) is 7.20. The van der Waals surface area contributed by atoms with Crippen molar-refractivity contribution in [3.63, 3.8) is 0 Å². The van der Waals surface area contributed by atoms with Crippen LogP contribution in [0.25, 0.3) is 0 Å². The Morgan fingerprint density at radius 3 is 2.88 bits per heavy atom. The number of carbonyl (C=O) groups is 1. The van der Waals surface area contributed by atoms with Crippen molar-refractivity contribution in [2.24, 2.45) is 5.92 Å². The maximum Gasteiger partial charge on any atom is 0.177 e. The van der Waals surface area contributed by atoms with Crippen molar-refractivity contribution < 1.29 is 4.79 Å². The maximum absolute atomic E-state index is 12.2. The van der Waals surface area contributed by atoms with Crippen LogP contribution in [0.5, 0.6) is 0 Å². The lowest BCUT2D eigenvalue weighted by Crippen LogP contribution is -2.38. The zero-order chi connectivity index (χ0) is 12.4. The van der Waals surface area contributed by atoms with E-state index < -0.39 is 0 Å². The summed E-state index contributed by atoms with van der Waals surface area (Å²) in [6.07, 6.45) is 2.54. The number of piperidine rings is 1. The molecule has 1 fully saturated rings. The molecule has 3 heteroatoms. The smallest absolute Gasteiger partial charge is 0.177 e. The molecule has 1 aromatic heterocycles. The van der Waals surface area contributed by atoms with E-state index in [4.69, 9.17) is 0 Å². The van der Waals surface area contributed by atoms with Gasteiger partial charge in [-0.05, 0) is 45.2 Å². The molecule has 17 heavy (non-hydrogen) atoms. The molecule has 1 aliphatic rings. The number of ketones is 1. The molecular weight excluding hydrogens is 230 g/mol. The highest BCUT2D eigenvalue weighted by molar-refractivity contribution is 7.12. The van der Waals surface area contributed by atoms with E-state index in [9.17, 15) is 4.79 Å². The molecule has 0 N–H and O–H groups in total. The molecule has 2 nitrogen and oxygen atoms in total. The van der Waals surface area contributed by atoms with Gasteiger partial charge in [0, 0.05) is 21.9 Å². The Labute approximate surface area is 108 Å². The van der Waals surface area contributed by atoms with Gasteiger partial charge in [-0.1, -0.05) is 6.92 Å². The van der Waals surface area contributed by atoms with Crippen LogP contribution in [0.1, 0.15) is 39.9 Å². The number of nitrogens with zero attached hydrogens (tertiary/aromatic N) is 1. The summed E-state index contributed by atoms with van der Waals surface area (Å²) in [7, 11) is 0. The van der Waals surface area contributed by atoms with Crippen LogP contribution in [0.2, 0.25) is 0 Å². The molecule has 0 saturated carbocycles. The standard InChI is InChI=1S/C14H21NOS/c1-10-5-4-6-15(8-10)9-14(16)13-7-11(2)17-12(13)3/h7,10H,4-6,8-9H2,1-3H3. The van der Waals surface area contributed by atoms with E-state index in [0.29, 0.717) is 12.3 Å². The minimum absolute atomic E-state index is 0.293. The first-order valence-electron chi connectivity index (χ1n) is 6.39. The number of carbonyl (C=O) groups excluding carboxylic acids is 1. The fourth-order valence-electron chi connectivity index (χ4n) is 2.63. The Balaban J connectivity index is 1.99. The summed E-state index contributed by atoms with van der Waals surface area (Å²) in [6, 6.07) is 2.04. The monoisotopic (exact) mass is 251 g/mol. The fraction of sp³-hybridized carbons (Fsp3) is 0.643. The molecule has 1 saturated heterocycles. The number of rotatable bonds is 3. The minimum Gasteiger partial charge on any atom is -0.296 e. The number of thiophene rings is 1. The normalized spacial score (nSPS) is 21.7. The molecule has 0 amide bonds. The van der Waals surface area contributed by atoms with Gasteiger partial charge in [-0.25, -0.2) is 0 Å². The number of aryl methyl sites for hydroxylation is 2. The van der Waals surface area contributed by atoms with E-state index in [1.165, 1.54) is 17.7 Å². The van der Waals surface area contributed by atoms with Crippen LogP contribution in [0, 0.1) is 19.8 Å². The van der Waals surface area contributed by atoms with Gasteiger partial charge >= 0.3 is 0 Å². The molecule has 1 unspecified atom stereocenters. The molecule has 1 atom stereocenters. The lowest BCUT2D eigenvalue weighted by atomic mass is 9.99. The van der Waals surface area contributed by atoms with Crippen molar-refractivity contribution in [2.45, 2.75) is 33.6 Å². The number of likely N-dealkylation sites (tertiary alicyclic amines) is 1. The van der Waals surface area contributed by atoms with E-state index in [1.54, 1.807) is 11.3 Å². The molecule has 0 aliphatic carbocycles. The minimum atomic E-state index is 0.293. The second-order valence-electron chi connectivity index (χ2n) is 5.23. The first-order chi connectivity index (χ1) is 8.06. The predicted molar refractivity (Wildman–Crippen MR) is 73.0 cm³/mol. The van der Waals surface area contributed by atoms with E-state index in [2.05, 4.69) is 18.7 Å². The summed E-state index contributed by atoms with van der Waals surface area (Å²) in [5.41, 5.74) is 0.936. The van der Waals surface area contributed by atoms with Gasteiger partial charge in [0.1, 0.15) is 0 Å². The van der Waals surface area contributed by atoms with E-state index in [0.717, 1.165) is 29.4 Å². The Hall–Kier alpha value is -0.670. The molecule has 1 aromatic rings. The van der Waals surface area contributed by atoms with Crippen molar-refractivity contribution in [3.05, 3.63) is 21.4 Å². The van der Waals surface area contributed by atoms with Gasteiger partial charge in [-0.15, -0.1) is 11.3 Å². The van der Waals surface area contributed by atoms with Crippen LogP contribution in [-0.4, -0.2) is 30.3 Å². The largest absolute Gasteiger partial charge is 0.296 e. The average molecular weight is 251 g/mol. The van der Waals surface area contributed by atoms with Gasteiger partial charge < -0.3 is 0 Å². The average Bonchev–Trinajstić information content (AvgIpc) is 2.58. The summed E-state index contributed by atoms with van der Waals surface area (Å²) in [5, 5.41) is 0. The van der Waals surface area contributed by atoms with Gasteiger partial charge in [0.15, 0.2) is 5.78 Å². The summed E-state index contributed by atoms with van der Waals surface area (Å²) >= 11 is 1.72. The Bertz CT molecular complexity index is 410. The maximum atomic E-state index is 12.2. The van der Waals surface area contributed by atoms with Crippen LogP contribution < -0.4 is 0 Å². The molecular formula is C14H21NOS. The zero-order valence-electron chi connectivity index (χ0n) is 11.0. The Morgan fingerprint density at radius 2 is 2.29 bits per heavy atom. The van der Waals surface area contributed by atoms with E-state index in [1.807, 2.05) is 13.0 Å². The van der Waals surface area contributed by atoms with Crippen molar-refractivity contribution in [1.82, 2.24) is 4.90 Å². The fourth-order valence-corrected chi connectivity index (χ4v) is 3.57. The highest BCUT2D eigenvalue weighted by Crippen LogP contribution is 2.22. The number of hydrogen-bond acceptors (Lipinski definition) is 3. The predicted octanol–water partition coefficient (Wildman–Crippen LogP) is 3.28. The van der Waals surface area contributed by atoms with E-state index >= 15 is 0 Å². The van der Waals surface area contributed by atoms with Crippen molar-refractivity contribution >= 4 is 17.1 Å².